The molecule has 0 aromatic heterocycles. The maximum absolute atomic E-state index is 11.5. The van der Waals surface area contributed by atoms with Gasteiger partial charge in [-0.25, -0.2) is 4.79 Å². The summed E-state index contributed by atoms with van der Waals surface area (Å²) in [4.78, 5) is 11.5. The van der Waals surface area contributed by atoms with Crippen LogP contribution in [-0.2, 0) is 5.41 Å². The Hall–Kier alpha value is -1.55. The predicted molar refractivity (Wildman–Crippen MR) is 70.5 cm³/mol. The summed E-state index contributed by atoms with van der Waals surface area (Å²) in [6.45, 7) is 0.926. The van der Waals surface area contributed by atoms with Gasteiger partial charge in [-0.3, -0.25) is 0 Å². The summed E-state index contributed by atoms with van der Waals surface area (Å²) in [5.74, 6) is 0. The van der Waals surface area contributed by atoms with E-state index in [1.807, 2.05) is 18.2 Å². The van der Waals surface area contributed by atoms with Crippen molar-refractivity contribution in [2.75, 3.05) is 19.7 Å². The second-order valence-corrected chi connectivity index (χ2v) is 4.83. The first kappa shape index (κ1) is 12.9. The highest BCUT2D eigenvalue weighted by Crippen LogP contribution is 2.42. The average Bonchev–Trinajstić information content (AvgIpc) is 2.36. The second kappa shape index (κ2) is 5.87. The molecule has 98 valence electrons. The fraction of sp³-hybridized carbons (Fsp3) is 0.500. The third kappa shape index (κ3) is 2.82. The summed E-state index contributed by atoms with van der Waals surface area (Å²) in [6.07, 6.45) is 3.46. The van der Waals surface area contributed by atoms with Crippen LogP contribution in [0.25, 0.3) is 0 Å². The van der Waals surface area contributed by atoms with E-state index in [2.05, 4.69) is 22.8 Å². The van der Waals surface area contributed by atoms with Crippen LogP contribution in [-0.4, -0.2) is 30.8 Å². The van der Waals surface area contributed by atoms with Crippen molar-refractivity contribution >= 4 is 6.03 Å². The topological polar surface area (TPSA) is 61.4 Å². The van der Waals surface area contributed by atoms with Gasteiger partial charge in [-0.2, -0.15) is 0 Å². The van der Waals surface area contributed by atoms with E-state index in [1.165, 1.54) is 12.0 Å². The lowest BCUT2D eigenvalue weighted by molar-refractivity contribution is 0.212. The first-order valence-electron chi connectivity index (χ1n) is 6.45. The van der Waals surface area contributed by atoms with Crippen LogP contribution in [0.15, 0.2) is 30.3 Å². The average molecular weight is 248 g/mol. The molecule has 0 saturated heterocycles. The molecule has 18 heavy (non-hydrogen) atoms. The number of carbonyl (C=O) groups is 1. The van der Waals surface area contributed by atoms with E-state index in [9.17, 15) is 4.79 Å². The predicted octanol–water partition coefficient (Wildman–Crippen LogP) is 1.40. The van der Waals surface area contributed by atoms with Crippen molar-refractivity contribution in [3.05, 3.63) is 35.9 Å². The molecule has 1 aliphatic carbocycles. The number of urea groups is 1. The fourth-order valence-electron chi connectivity index (χ4n) is 2.44. The van der Waals surface area contributed by atoms with Crippen molar-refractivity contribution in [1.82, 2.24) is 10.6 Å². The molecule has 1 aromatic carbocycles. The number of hydrogen-bond donors (Lipinski definition) is 3. The molecule has 1 saturated carbocycles. The van der Waals surface area contributed by atoms with E-state index < -0.39 is 0 Å². The quantitative estimate of drug-likeness (QED) is 0.737. The molecule has 0 spiro atoms. The van der Waals surface area contributed by atoms with Gasteiger partial charge >= 0.3 is 6.03 Å². The minimum Gasteiger partial charge on any atom is -0.395 e. The van der Waals surface area contributed by atoms with Crippen LogP contribution in [0.1, 0.15) is 24.8 Å². The molecule has 3 N–H and O–H groups in total. The Kier molecular flexibility index (Phi) is 4.20. The van der Waals surface area contributed by atoms with Gasteiger partial charge < -0.3 is 15.7 Å². The Bertz CT molecular complexity index is 388. The van der Waals surface area contributed by atoms with Crippen molar-refractivity contribution in [2.45, 2.75) is 24.7 Å². The van der Waals surface area contributed by atoms with Crippen LogP contribution in [0.3, 0.4) is 0 Å². The lowest BCUT2D eigenvalue weighted by atomic mass is 9.64. The first-order valence-corrected chi connectivity index (χ1v) is 6.45. The summed E-state index contributed by atoms with van der Waals surface area (Å²) < 4.78 is 0. The van der Waals surface area contributed by atoms with Crippen LogP contribution in [0.4, 0.5) is 4.79 Å². The lowest BCUT2D eigenvalue weighted by Gasteiger charge is -2.42. The number of nitrogens with one attached hydrogen (secondary N) is 2. The molecule has 0 atom stereocenters. The Balaban J connectivity index is 1.91. The van der Waals surface area contributed by atoms with Crippen LogP contribution >= 0.6 is 0 Å². The van der Waals surface area contributed by atoms with Crippen LogP contribution in [0.2, 0.25) is 0 Å². The van der Waals surface area contributed by atoms with E-state index in [0.717, 1.165) is 12.8 Å². The van der Waals surface area contributed by atoms with Gasteiger partial charge in [0.25, 0.3) is 0 Å². The second-order valence-electron chi connectivity index (χ2n) is 4.83. The van der Waals surface area contributed by atoms with Gasteiger partial charge in [-0.1, -0.05) is 36.8 Å². The Morgan fingerprint density at radius 1 is 1.22 bits per heavy atom. The molecule has 1 aromatic rings. The van der Waals surface area contributed by atoms with Gasteiger partial charge in [0.1, 0.15) is 0 Å². The lowest BCUT2D eigenvalue weighted by Crippen LogP contribution is -2.48. The van der Waals surface area contributed by atoms with Crippen molar-refractivity contribution in [1.29, 1.82) is 0 Å². The van der Waals surface area contributed by atoms with Gasteiger partial charge in [0.05, 0.1) is 6.61 Å². The maximum Gasteiger partial charge on any atom is 0.314 e. The molecule has 1 fully saturated rings. The van der Waals surface area contributed by atoms with Crippen molar-refractivity contribution < 1.29 is 9.90 Å². The van der Waals surface area contributed by atoms with Gasteiger partial charge in [-0.15, -0.1) is 0 Å². The molecular formula is C14H20N2O2. The minimum atomic E-state index is -0.203. The number of aliphatic hydroxyl groups excluding tert-OH is 1. The fourth-order valence-corrected chi connectivity index (χ4v) is 2.44. The molecule has 1 aliphatic rings. The van der Waals surface area contributed by atoms with Gasteiger partial charge in [-0.05, 0) is 18.4 Å². The monoisotopic (exact) mass is 248 g/mol. The van der Waals surface area contributed by atoms with Gasteiger partial charge in [0, 0.05) is 18.5 Å². The molecule has 0 radical (unpaired) electrons. The highest BCUT2D eigenvalue weighted by molar-refractivity contribution is 5.74. The largest absolute Gasteiger partial charge is 0.395 e. The number of amides is 2. The third-order valence-corrected chi connectivity index (χ3v) is 3.68. The molecule has 4 heteroatoms. The highest BCUT2D eigenvalue weighted by atomic mass is 16.3. The Morgan fingerprint density at radius 2 is 1.94 bits per heavy atom. The molecule has 4 nitrogen and oxygen atoms in total. The smallest absolute Gasteiger partial charge is 0.314 e. The number of rotatable bonds is 5. The zero-order chi connectivity index (χ0) is 12.8. The Morgan fingerprint density at radius 3 is 2.50 bits per heavy atom. The number of carbonyl (C=O) groups excluding carboxylic acids is 1. The van der Waals surface area contributed by atoms with Crippen molar-refractivity contribution in [3.8, 4) is 0 Å². The van der Waals surface area contributed by atoms with E-state index in [0.29, 0.717) is 13.1 Å². The summed E-state index contributed by atoms with van der Waals surface area (Å²) >= 11 is 0. The van der Waals surface area contributed by atoms with E-state index in [1.54, 1.807) is 0 Å². The van der Waals surface area contributed by atoms with Gasteiger partial charge in [0.2, 0.25) is 0 Å². The van der Waals surface area contributed by atoms with Crippen molar-refractivity contribution in [2.24, 2.45) is 0 Å². The zero-order valence-corrected chi connectivity index (χ0v) is 10.5. The van der Waals surface area contributed by atoms with E-state index in [4.69, 9.17) is 5.11 Å². The summed E-state index contributed by atoms with van der Waals surface area (Å²) in [5.41, 5.74) is 1.41. The van der Waals surface area contributed by atoms with E-state index >= 15 is 0 Å². The van der Waals surface area contributed by atoms with E-state index in [-0.39, 0.29) is 18.1 Å². The molecule has 0 aliphatic heterocycles. The molecular weight excluding hydrogens is 228 g/mol. The zero-order valence-electron chi connectivity index (χ0n) is 10.5. The van der Waals surface area contributed by atoms with Crippen LogP contribution in [0.5, 0.6) is 0 Å². The molecule has 0 heterocycles. The van der Waals surface area contributed by atoms with Crippen molar-refractivity contribution in [3.63, 3.8) is 0 Å². The molecule has 0 unspecified atom stereocenters. The first-order chi connectivity index (χ1) is 8.77. The standard InChI is InChI=1S/C14H20N2O2/c17-10-9-15-13(18)16-11-14(7-4-8-14)12-5-2-1-3-6-12/h1-3,5-6,17H,4,7-11H2,(H2,15,16,18). The normalized spacial score (nSPS) is 16.7. The summed E-state index contributed by atoms with van der Waals surface area (Å²) in [5, 5.41) is 14.1. The number of benzene rings is 1. The van der Waals surface area contributed by atoms with Crippen LogP contribution < -0.4 is 10.6 Å². The molecule has 2 rings (SSSR count). The van der Waals surface area contributed by atoms with Gasteiger partial charge in [0.15, 0.2) is 0 Å². The number of aliphatic hydroxyl groups is 1. The maximum atomic E-state index is 11.5. The van der Waals surface area contributed by atoms with Crippen LogP contribution in [0, 0.1) is 0 Å². The summed E-state index contributed by atoms with van der Waals surface area (Å²) in [7, 11) is 0. The highest BCUT2D eigenvalue weighted by Gasteiger charge is 2.38. The third-order valence-electron chi connectivity index (χ3n) is 3.68. The minimum absolute atomic E-state index is 0.0305. The molecule has 0 bridgehead atoms. The molecule has 2 amide bonds. The number of hydrogen-bond acceptors (Lipinski definition) is 2. The Labute approximate surface area is 107 Å². The summed E-state index contributed by atoms with van der Waals surface area (Å²) in [6, 6.07) is 10.2. The SMILES string of the molecule is O=C(NCCO)NCC1(c2ccccc2)CCC1.